The smallest absolute Gasteiger partial charge is 0.335 e. The number of benzene rings is 2. The lowest BCUT2D eigenvalue weighted by atomic mass is 10.1. The van der Waals surface area contributed by atoms with Crippen molar-refractivity contribution in [3.05, 3.63) is 86.6 Å². The van der Waals surface area contributed by atoms with Gasteiger partial charge in [0.15, 0.2) is 5.78 Å². The monoisotopic (exact) mass is 449 g/mol. The predicted molar refractivity (Wildman–Crippen MR) is 129 cm³/mol. The Labute approximate surface area is 191 Å². The first-order chi connectivity index (χ1) is 15.9. The molecule has 0 aliphatic carbocycles. The van der Waals surface area contributed by atoms with E-state index in [-0.39, 0.29) is 5.69 Å². The van der Waals surface area contributed by atoms with Gasteiger partial charge in [-0.25, -0.2) is 9.36 Å². The average molecular weight is 450 g/mol. The number of allylic oxidation sites excluding steroid dienone is 1. The Morgan fingerprint density at radius 3 is 2.24 bits per heavy atom. The maximum Gasteiger partial charge on any atom is 0.335 e. The molecule has 0 aliphatic rings. The zero-order valence-electron chi connectivity index (χ0n) is 18.9. The van der Waals surface area contributed by atoms with Crippen LogP contribution in [0.4, 0.5) is 5.69 Å². The predicted octanol–water partition coefficient (Wildman–Crippen LogP) is 3.37. The number of ether oxygens (including phenoxy) is 1. The molecule has 0 spiro atoms. The number of ketones is 1. The van der Waals surface area contributed by atoms with Gasteiger partial charge < -0.3 is 14.7 Å². The molecule has 2 N–H and O–H groups in total. The van der Waals surface area contributed by atoms with E-state index in [1.54, 1.807) is 30.3 Å². The number of nitrogens with one attached hydrogen (secondary N) is 1. The largest absolute Gasteiger partial charge is 0.494 e. The molecule has 8 heteroatoms. The van der Waals surface area contributed by atoms with Gasteiger partial charge in [-0.05, 0) is 68.8 Å². The lowest BCUT2D eigenvalue weighted by molar-refractivity contribution is 0.104. The quantitative estimate of drug-likeness (QED) is 0.383. The molecule has 3 aromatic rings. The Kier molecular flexibility index (Phi) is 7.50. The molecule has 0 unspecified atom stereocenters. The van der Waals surface area contributed by atoms with Gasteiger partial charge in [0.05, 0.1) is 12.3 Å². The molecule has 0 aliphatic heterocycles. The third kappa shape index (κ3) is 5.23. The van der Waals surface area contributed by atoms with Crippen LogP contribution in [0.1, 0.15) is 36.7 Å². The van der Waals surface area contributed by atoms with Crippen molar-refractivity contribution in [2.24, 2.45) is 0 Å². The molecule has 0 saturated heterocycles. The number of aromatic nitrogens is 2. The number of carbonyl (C=O) groups is 1. The summed E-state index contributed by atoms with van der Waals surface area (Å²) >= 11 is 0. The molecule has 8 nitrogen and oxygen atoms in total. The summed E-state index contributed by atoms with van der Waals surface area (Å²) in [5, 5.41) is 10.6. The Hall–Kier alpha value is -4.07. The van der Waals surface area contributed by atoms with E-state index in [9.17, 15) is 19.5 Å². The van der Waals surface area contributed by atoms with Crippen LogP contribution in [0.25, 0.3) is 11.8 Å². The van der Waals surface area contributed by atoms with Crippen LogP contribution in [0.3, 0.4) is 0 Å². The zero-order chi connectivity index (χ0) is 24.0. The lowest BCUT2D eigenvalue weighted by Crippen LogP contribution is -2.32. The number of rotatable bonds is 9. The van der Waals surface area contributed by atoms with Crippen molar-refractivity contribution >= 4 is 17.5 Å². The van der Waals surface area contributed by atoms with Gasteiger partial charge in [0.1, 0.15) is 11.3 Å². The number of hydrogen-bond acceptors (Lipinski definition) is 6. The number of carbonyl (C=O) groups excluding carboxylic acids is 1. The van der Waals surface area contributed by atoms with Crippen molar-refractivity contribution in [1.29, 1.82) is 0 Å². The van der Waals surface area contributed by atoms with Crippen molar-refractivity contribution in [3.8, 4) is 17.3 Å². The fraction of sp³-hybridized carbons (Fsp3) is 0.240. The fourth-order valence-electron chi connectivity index (χ4n) is 3.49. The van der Waals surface area contributed by atoms with E-state index in [2.05, 4.69) is 23.7 Å². The number of aromatic hydroxyl groups is 1. The van der Waals surface area contributed by atoms with Crippen LogP contribution in [-0.2, 0) is 0 Å². The summed E-state index contributed by atoms with van der Waals surface area (Å²) in [5.41, 5.74) is -0.211. The fourth-order valence-corrected chi connectivity index (χ4v) is 3.49. The Bertz CT molecular complexity index is 1250. The van der Waals surface area contributed by atoms with Crippen LogP contribution in [0.5, 0.6) is 11.6 Å². The molecule has 172 valence electrons. The summed E-state index contributed by atoms with van der Waals surface area (Å²) < 4.78 is 6.24. The highest BCUT2D eigenvalue weighted by molar-refractivity contribution is 6.08. The standard InChI is InChI=1S/C25H27N3O5/c1-4-27(5-2)18-10-7-17(8-11-18)9-16-21(29)22-23(30)26-25(32)28(24(22)31)19-12-14-20(15-13-19)33-6-3/h7-16,31H,4-6H2,1-3H3,(H,26,30,32)/b16-9+. The normalized spacial score (nSPS) is 11.0. The topological polar surface area (TPSA) is 105 Å². The minimum Gasteiger partial charge on any atom is -0.494 e. The second-order valence-electron chi connectivity index (χ2n) is 7.18. The first-order valence-corrected chi connectivity index (χ1v) is 10.8. The third-order valence-electron chi connectivity index (χ3n) is 5.19. The second-order valence-corrected chi connectivity index (χ2v) is 7.18. The Morgan fingerprint density at radius 2 is 1.67 bits per heavy atom. The molecule has 3 rings (SSSR count). The van der Waals surface area contributed by atoms with Gasteiger partial charge in [-0.1, -0.05) is 18.2 Å². The molecular formula is C25H27N3O5. The van der Waals surface area contributed by atoms with Crippen LogP contribution in [-0.4, -0.2) is 40.1 Å². The summed E-state index contributed by atoms with van der Waals surface area (Å²) in [6.07, 6.45) is 2.75. The summed E-state index contributed by atoms with van der Waals surface area (Å²) in [6.45, 7) is 8.25. The molecule has 0 radical (unpaired) electrons. The van der Waals surface area contributed by atoms with Gasteiger partial charge in [-0.15, -0.1) is 0 Å². The third-order valence-corrected chi connectivity index (χ3v) is 5.19. The summed E-state index contributed by atoms with van der Waals surface area (Å²) in [4.78, 5) is 41.7. The molecule has 0 saturated carbocycles. The van der Waals surface area contributed by atoms with E-state index in [1.165, 1.54) is 6.08 Å². The maximum atomic E-state index is 12.8. The van der Waals surface area contributed by atoms with Gasteiger partial charge in [-0.2, -0.15) is 0 Å². The van der Waals surface area contributed by atoms with Gasteiger partial charge in [0.2, 0.25) is 5.88 Å². The number of anilines is 1. The van der Waals surface area contributed by atoms with Crippen LogP contribution in [0.15, 0.2) is 64.2 Å². The number of nitrogens with zero attached hydrogens (tertiary/aromatic N) is 2. The van der Waals surface area contributed by atoms with Gasteiger partial charge in [0, 0.05) is 18.8 Å². The van der Waals surface area contributed by atoms with Crippen molar-refractivity contribution in [2.75, 3.05) is 24.6 Å². The van der Waals surface area contributed by atoms with Crippen LogP contribution < -0.4 is 20.9 Å². The molecule has 33 heavy (non-hydrogen) atoms. The molecule has 0 bridgehead atoms. The summed E-state index contributed by atoms with van der Waals surface area (Å²) in [6, 6.07) is 14.0. The average Bonchev–Trinajstić information content (AvgIpc) is 2.80. The van der Waals surface area contributed by atoms with E-state index in [1.807, 2.05) is 31.2 Å². The first-order valence-electron chi connectivity index (χ1n) is 10.8. The molecular weight excluding hydrogens is 422 g/mol. The molecule has 1 heterocycles. The number of H-pyrrole nitrogens is 1. The van der Waals surface area contributed by atoms with E-state index < -0.39 is 28.5 Å². The Morgan fingerprint density at radius 1 is 1.03 bits per heavy atom. The Balaban J connectivity index is 1.91. The van der Waals surface area contributed by atoms with E-state index >= 15 is 0 Å². The summed E-state index contributed by atoms with van der Waals surface area (Å²) in [7, 11) is 0. The van der Waals surface area contributed by atoms with Crippen molar-refractivity contribution in [3.63, 3.8) is 0 Å². The van der Waals surface area contributed by atoms with Crippen molar-refractivity contribution in [2.45, 2.75) is 20.8 Å². The highest BCUT2D eigenvalue weighted by Gasteiger charge is 2.20. The van der Waals surface area contributed by atoms with Crippen molar-refractivity contribution < 1.29 is 14.6 Å². The molecule has 1 aromatic heterocycles. The highest BCUT2D eigenvalue weighted by Crippen LogP contribution is 2.21. The minimum absolute atomic E-state index is 0.280. The molecule has 0 atom stereocenters. The first kappa shape index (κ1) is 23.6. The SMILES string of the molecule is CCOc1ccc(-n2c(O)c(C(=O)/C=C/c3ccc(N(CC)CC)cc3)c(=O)[nH]c2=O)cc1. The van der Waals surface area contributed by atoms with E-state index in [4.69, 9.17) is 4.74 Å². The maximum absolute atomic E-state index is 12.8. The van der Waals surface area contributed by atoms with Crippen LogP contribution >= 0.6 is 0 Å². The van der Waals surface area contributed by atoms with E-state index in [0.29, 0.717) is 12.4 Å². The number of hydrogen-bond donors (Lipinski definition) is 2. The molecule has 0 fully saturated rings. The highest BCUT2D eigenvalue weighted by atomic mass is 16.5. The second kappa shape index (κ2) is 10.5. The number of aromatic amines is 1. The molecule has 2 aromatic carbocycles. The molecule has 0 amide bonds. The van der Waals surface area contributed by atoms with Gasteiger partial charge in [0.25, 0.3) is 5.56 Å². The van der Waals surface area contributed by atoms with Crippen LogP contribution in [0, 0.1) is 0 Å². The lowest BCUT2D eigenvalue weighted by Gasteiger charge is -2.20. The van der Waals surface area contributed by atoms with Gasteiger partial charge in [-0.3, -0.25) is 14.6 Å². The minimum atomic E-state index is -0.953. The van der Waals surface area contributed by atoms with Crippen LogP contribution in [0.2, 0.25) is 0 Å². The zero-order valence-corrected chi connectivity index (χ0v) is 18.9. The van der Waals surface area contributed by atoms with Crippen molar-refractivity contribution in [1.82, 2.24) is 9.55 Å². The van der Waals surface area contributed by atoms with Gasteiger partial charge >= 0.3 is 5.69 Å². The van der Waals surface area contributed by atoms with E-state index in [0.717, 1.165) is 28.9 Å². The summed E-state index contributed by atoms with van der Waals surface area (Å²) in [5.74, 6) is -0.856.